The Hall–Kier alpha value is -3.26. The molecular weight excluding hydrogens is 348 g/mol. The van der Waals surface area contributed by atoms with Gasteiger partial charge in [0.2, 0.25) is 0 Å². The van der Waals surface area contributed by atoms with Gasteiger partial charge in [-0.05, 0) is 36.4 Å². The smallest absolute Gasteiger partial charge is 0.288 e. The van der Waals surface area contributed by atoms with Gasteiger partial charge in [0.15, 0.2) is 11.3 Å². The molecule has 0 bridgehead atoms. The second-order valence-electron chi connectivity index (χ2n) is 6.05. The van der Waals surface area contributed by atoms with Gasteiger partial charge in [0, 0.05) is 19.3 Å². The van der Waals surface area contributed by atoms with E-state index in [0.717, 1.165) is 0 Å². The maximum absolute atomic E-state index is 13.2. The van der Waals surface area contributed by atoms with Crippen LogP contribution in [0.25, 0.3) is 16.9 Å². The van der Waals surface area contributed by atoms with Crippen LogP contribution in [0.5, 0.6) is 5.75 Å². The summed E-state index contributed by atoms with van der Waals surface area (Å²) in [7, 11) is 1.57. The normalized spacial score (nSPS) is 14.3. The summed E-state index contributed by atoms with van der Waals surface area (Å²) >= 11 is 0. The minimum atomic E-state index is -0.497. The quantitative estimate of drug-likeness (QED) is 0.694. The Kier molecular flexibility index (Phi) is 4.55. The van der Waals surface area contributed by atoms with Crippen molar-refractivity contribution in [3.05, 3.63) is 58.6 Å². The van der Waals surface area contributed by atoms with Crippen LogP contribution in [-0.2, 0) is 4.74 Å². The number of hydrogen-bond acceptors (Lipinski definition) is 6. The maximum atomic E-state index is 13.2. The minimum Gasteiger partial charge on any atom is -0.497 e. The van der Waals surface area contributed by atoms with E-state index in [1.807, 2.05) is 0 Å². The number of morpholine rings is 1. The molecule has 3 heterocycles. The van der Waals surface area contributed by atoms with Crippen molar-refractivity contribution in [3.63, 3.8) is 0 Å². The van der Waals surface area contributed by atoms with Gasteiger partial charge in [-0.3, -0.25) is 14.2 Å². The molecule has 2 aromatic heterocycles. The number of rotatable bonds is 3. The molecule has 0 unspecified atom stereocenters. The van der Waals surface area contributed by atoms with E-state index in [2.05, 4.69) is 9.97 Å². The average molecular weight is 366 g/mol. The summed E-state index contributed by atoms with van der Waals surface area (Å²) in [6.45, 7) is 1.78. The highest BCUT2D eigenvalue weighted by molar-refractivity contribution is 5.94. The van der Waals surface area contributed by atoms with Crippen LogP contribution in [0.15, 0.2) is 47.4 Å². The van der Waals surface area contributed by atoms with E-state index in [9.17, 15) is 9.59 Å². The third-order valence-corrected chi connectivity index (χ3v) is 4.45. The topological polar surface area (TPSA) is 86.5 Å². The minimum absolute atomic E-state index is 0.117. The van der Waals surface area contributed by atoms with Gasteiger partial charge < -0.3 is 14.4 Å². The van der Waals surface area contributed by atoms with Crippen LogP contribution in [0.2, 0.25) is 0 Å². The van der Waals surface area contributed by atoms with Crippen molar-refractivity contribution in [2.75, 3.05) is 33.4 Å². The van der Waals surface area contributed by atoms with Crippen molar-refractivity contribution < 1.29 is 14.3 Å². The zero-order valence-electron chi connectivity index (χ0n) is 14.8. The fraction of sp³-hybridized carbons (Fsp3) is 0.263. The van der Waals surface area contributed by atoms with Crippen LogP contribution in [0, 0.1) is 0 Å². The first-order valence-electron chi connectivity index (χ1n) is 8.58. The van der Waals surface area contributed by atoms with Crippen LogP contribution in [0.3, 0.4) is 0 Å². The van der Waals surface area contributed by atoms with E-state index < -0.39 is 11.5 Å². The first kappa shape index (κ1) is 17.2. The SMILES string of the molecule is COc1ccc(-n2c(=O)c(C(=O)N3CCOCC3)nc3cccnc32)cc1. The van der Waals surface area contributed by atoms with Crippen molar-refractivity contribution >= 4 is 17.1 Å². The van der Waals surface area contributed by atoms with Gasteiger partial charge in [0.1, 0.15) is 11.3 Å². The molecule has 8 heteroatoms. The van der Waals surface area contributed by atoms with E-state index in [1.54, 1.807) is 54.6 Å². The highest BCUT2D eigenvalue weighted by Gasteiger charge is 2.25. The lowest BCUT2D eigenvalue weighted by Gasteiger charge is -2.26. The van der Waals surface area contributed by atoms with Gasteiger partial charge in [-0.1, -0.05) is 0 Å². The van der Waals surface area contributed by atoms with E-state index in [4.69, 9.17) is 9.47 Å². The molecule has 138 valence electrons. The zero-order valence-corrected chi connectivity index (χ0v) is 14.8. The molecule has 1 aromatic carbocycles. The summed E-state index contributed by atoms with van der Waals surface area (Å²) in [5.41, 5.74) is 0.842. The lowest BCUT2D eigenvalue weighted by molar-refractivity contribution is 0.0298. The Labute approximate surface area is 155 Å². The molecule has 1 aliphatic heterocycles. The lowest BCUT2D eigenvalue weighted by atomic mass is 10.2. The highest BCUT2D eigenvalue weighted by atomic mass is 16.5. The summed E-state index contributed by atoms with van der Waals surface area (Å²) in [6.07, 6.45) is 1.59. The van der Waals surface area contributed by atoms with Gasteiger partial charge in [0.25, 0.3) is 11.5 Å². The number of amides is 1. The summed E-state index contributed by atoms with van der Waals surface area (Å²) in [6, 6.07) is 10.5. The van der Waals surface area contributed by atoms with Gasteiger partial charge in [-0.15, -0.1) is 0 Å². The molecule has 0 N–H and O–H groups in total. The van der Waals surface area contributed by atoms with Gasteiger partial charge in [-0.25, -0.2) is 9.97 Å². The molecule has 0 spiro atoms. The Morgan fingerprint density at radius 1 is 1.15 bits per heavy atom. The fourth-order valence-corrected chi connectivity index (χ4v) is 3.04. The second kappa shape index (κ2) is 7.16. The number of benzene rings is 1. The van der Waals surface area contributed by atoms with Crippen molar-refractivity contribution in [1.82, 2.24) is 19.4 Å². The monoisotopic (exact) mass is 366 g/mol. The van der Waals surface area contributed by atoms with E-state index in [1.165, 1.54) is 4.57 Å². The van der Waals surface area contributed by atoms with Crippen LogP contribution in [-0.4, -0.2) is 58.8 Å². The molecule has 0 saturated carbocycles. The number of ether oxygens (including phenoxy) is 2. The highest BCUT2D eigenvalue weighted by Crippen LogP contribution is 2.18. The third kappa shape index (κ3) is 3.15. The Morgan fingerprint density at radius 2 is 1.89 bits per heavy atom. The number of aromatic nitrogens is 3. The van der Waals surface area contributed by atoms with E-state index in [-0.39, 0.29) is 5.69 Å². The van der Waals surface area contributed by atoms with E-state index >= 15 is 0 Å². The maximum Gasteiger partial charge on any atom is 0.288 e. The summed E-state index contributed by atoms with van der Waals surface area (Å²) in [4.78, 5) is 36.3. The number of carbonyl (C=O) groups is 1. The number of pyridine rings is 1. The zero-order chi connectivity index (χ0) is 18.8. The van der Waals surface area contributed by atoms with Crippen molar-refractivity contribution in [2.45, 2.75) is 0 Å². The molecule has 1 amide bonds. The molecule has 4 rings (SSSR count). The molecule has 1 saturated heterocycles. The number of nitrogens with zero attached hydrogens (tertiary/aromatic N) is 4. The van der Waals surface area contributed by atoms with Crippen LogP contribution in [0.4, 0.5) is 0 Å². The molecule has 1 fully saturated rings. The molecule has 1 aliphatic rings. The third-order valence-electron chi connectivity index (χ3n) is 4.45. The number of fused-ring (bicyclic) bond motifs is 1. The number of hydrogen-bond donors (Lipinski definition) is 0. The Morgan fingerprint density at radius 3 is 2.59 bits per heavy atom. The molecule has 0 aliphatic carbocycles. The Bertz CT molecular complexity index is 1040. The van der Waals surface area contributed by atoms with Crippen LogP contribution >= 0.6 is 0 Å². The van der Waals surface area contributed by atoms with Crippen LogP contribution in [0.1, 0.15) is 10.5 Å². The average Bonchev–Trinajstić information content (AvgIpc) is 2.73. The molecule has 0 radical (unpaired) electrons. The largest absolute Gasteiger partial charge is 0.497 e. The number of carbonyl (C=O) groups excluding carboxylic acids is 1. The van der Waals surface area contributed by atoms with E-state index in [0.29, 0.717) is 48.9 Å². The molecule has 0 atom stereocenters. The van der Waals surface area contributed by atoms with Crippen molar-refractivity contribution in [3.8, 4) is 11.4 Å². The second-order valence-corrected chi connectivity index (χ2v) is 6.05. The van der Waals surface area contributed by atoms with Crippen molar-refractivity contribution in [2.24, 2.45) is 0 Å². The predicted octanol–water partition coefficient (Wildman–Crippen LogP) is 1.26. The molecule has 3 aromatic rings. The molecule has 27 heavy (non-hydrogen) atoms. The molecule has 8 nitrogen and oxygen atoms in total. The fourth-order valence-electron chi connectivity index (χ4n) is 3.04. The summed E-state index contributed by atoms with van der Waals surface area (Å²) < 4.78 is 11.9. The van der Waals surface area contributed by atoms with Gasteiger partial charge >= 0.3 is 0 Å². The van der Waals surface area contributed by atoms with Gasteiger partial charge in [0.05, 0.1) is 26.0 Å². The standard InChI is InChI=1S/C19H18N4O4/c1-26-14-6-4-13(5-7-14)23-17-15(3-2-8-20-17)21-16(19(23)25)18(24)22-9-11-27-12-10-22/h2-8H,9-12H2,1H3. The first-order valence-corrected chi connectivity index (χ1v) is 8.58. The summed E-state index contributed by atoms with van der Waals surface area (Å²) in [5, 5.41) is 0. The summed E-state index contributed by atoms with van der Waals surface area (Å²) in [5.74, 6) is 0.277. The molecular formula is C19H18N4O4. The number of methoxy groups -OCH3 is 1. The Balaban J connectivity index is 1.89. The van der Waals surface area contributed by atoms with Gasteiger partial charge in [-0.2, -0.15) is 0 Å². The first-order chi connectivity index (χ1) is 13.2. The van der Waals surface area contributed by atoms with Crippen molar-refractivity contribution in [1.29, 1.82) is 0 Å². The predicted molar refractivity (Wildman–Crippen MR) is 98.4 cm³/mol. The van der Waals surface area contributed by atoms with Crippen LogP contribution < -0.4 is 10.3 Å². The lowest BCUT2D eigenvalue weighted by Crippen LogP contribution is -2.43.